The molecule has 1 aromatic carbocycles. The molecule has 3 heterocycles. The minimum Gasteiger partial charge on any atom is -0.486 e. The summed E-state index contributed by atoms with van der Waals surface area (Å²) in [7, 11) is -3.58. The second kappa shape index (κ2) is 8.40. The number of thiocarbonyl (C=S) groups is 1. The summed E-state index contributed by atoms with van der Waals surface area (Å²) in [6, 6.07) is 4.77. The number of ether oxygens (including phenoxy) is 3. The Hall–Kier alpha value is -1.62. The fourth-order valence-corrected chi connectivity index (χ4v) is 5.29. The van der Waals surface area contributed by atoms with Crippen molar-refractivity contribution < 1.29 is 22.6 Å². The Bertz CT molecular complexity index is 819. The Morgan fingerprint density at radius 1 is 1.11 bits per heavy atom. The summed E-state index contributed by atoms with van der Waals surface area (Å²) in [5, 5.41) is 3.91. The Labute approximate surface area is 170 Å². The van der Waals surface area contributed by atoms with Crippen molar-refractivity contribution in [3.63, 3.8) is 0 Å². The number of piperazine rings is 1. The topological polar surface area (TPSA) is 80.3 Å². The lowest BCUT2D eigenvalue weighted by Gasteiger charge is -2.35. The lowest BCUT2D eigenvalue weighted by molar-refractivity contribution is 0.113. The van der Waals surface area contributed by atoms with Gasteiger partial charge < -0.3 is 24.4 Å². The first-order valence-electron chi connectivity index (χ1n) is 9.58. The Kier molecular flexibility index (Phi) is 5.91. The van der Waals surface area contributed by atoms with Crippen LogP contribution in [-0.2, 0) is 14.8 Å². The van der Waals surface area contributed by atoms with E-state index in [0.717, 1.165) is 19.4 Å². The van der Waals surface area contributed by atoms with Crippen molar-refractivity contribution in [2.24, 2.45) is 0 Å². The van der Waals surface area contributed by atoms with E-state index in [0.29, 0.717) is 62.5 Å². The van der Waals surface area contributed by atoms with Gasteiger partial charge in [0.15, 0.2) is 16.6 Å². The van der Waals surface area contributed by atoms with Crippen LogP contribution in [-0.4, -0.2) is 81.4 Å². The highest BCUT2D eigenvalue weighted by atomic mass is 32.2. The molecule has 0 unspecified atom stereocenters. The van der Waals surface area contributed by atoms with E-state index in [1.54, 1.807) is 18.2 Å². The highest BCUT2D eigenvalue weighted by Gasteiger charge is 2.30. The van der Waals surface area contributed by atoms with Crippen LogP contribution >= 0.6 is 12.2 Å². The number of fused-ring (bicyclic) bond motifs is 1. The van der Waals surface area contributed by atoms with Crippen molar-refractivity contribution in [1.82, 2.24) is 14.5 Å². The molecule has 0 aromatic heterocycles. The Morgan fingerprint density at radius 3 is 2.57 bits per heavy atom. The van der Waals surface area contributed by atoms with Crippen molar-refractivity contribution >= 4 is 27.4 Å². The van der Waals surface area contributed by atoms with E-state index in [2.05, 4.69) is 5.32 Å². The lowest BCUT2D eigenvalue weighted by atomic mass is 10.2. The van der Waals surface area contributed by atoms with Gasteiger partial charge in [-0.15, -0.1) is 0 Å². The summed E-state index contributed by atoms with van der Waals surface area (Å²) in [6.07, 6.45) is 2.36. The summed E-state index contributed by atoms with van der Waals surface area (Å²) in [6.45, 7) is 4.30. The molecular formula is C18H25N3O5S2. The van der Waals surface area contributed by atoms with Gasteiger partial charge >= 0.3 is 0 Å². The molecule has 0 radical (unpaired) electrons. The van der Waals surface area contributed by atoms with Gasteiger partial charge in [0.2, 0.25) is 10.0 Å². The van der Waals surface area contributed by atoms with E-state index >= 15 is 0 Å². The molecule has 1 N–H and O–H groups in total. The third kappa shape index (κ3) is 4.19. The van der Waals surface area contributed by atoms with Crippen LogP contribution in [0.3, 0.4) is 0 Å². The third-order valence-corrected chi connectivity index (χ3v) is 7.48. The molecule has 3 aliphatic rings. The predicted octanol–water partition coefficient (Wildman–Crippen LogP) is 0.818. The fourth-order valence-electron chi connectivity index (χ4n) is 3.58. The molecule has 28 heavy (non-hydrogen) atoms. The van der Waals surface area contributed by atoms with Gasteiger partial charge in [-0.1, -0.05) is 0 Å². The number of benzene rings is 1. The molecule has 3 aliphatic heterocycles. The van der Waals surface area contributed by atoms with E-state index in [1.165, 1.54) is 4.31 Å². The average molecular weight is 428 g/mol. The van der Waals surface area contributed by atoms with Gasteiger partial charge in [-0.25, -0.2) is 8.42 Å². The van der Waals surface area contributed by atoms with Gasteiger partial charge in [0.1, 0.15) is 13.2 Å². The summed E-state index contributed by atoms with van der Waals surface area (Å²) >= 11 is 5.46. The third-order valence-electron chi connectivity index (χ3n) is 5.18. The molecule has 2 fully saturated rings. The molecule has 0 amide bonds. The van der Waals surface area contributed by atoms with Crippen LogP contribution in [0.2, 0.25) is 0 Å². The van der Waals surface area contributed by atoms with Crippen LogP contribution in [0.25, 0.3) is 0 Å². The highest BCUT2D eigenvalue weighted by Crippen LogP contribution is 2.33. The van der Waals surface area contributed by atoms with Crippen molar-refractivity contribution in [3.8, 4) is 11.5 Å². The zero-order valence-corrected chi connectivity index (χ0v) is 17.3. The maximum atomic E-state index is 13.0. The van der Waals surface area contributed by atoms with E-state index in [1.807, 2.05) is 4.90 Å². The number of nitrogens with one attached hydrogen (secondary N) is 1. The van der Waals surface area contributed by atoms with Crippen LogP contribution < -0.4 is 14.8 Å². The quantitative estimate of drug-likeness (QED) is 0.708. The lowest BCUT2D eigenvalue weighted by Crippen LogP contribution is -2.53. The maximum Gasteiger partial charge on any atom is 0.243 e. The zero-order chi connectivity index (χ0) is 19.6. The van der Waals surface area contributed by atoms with E-state index in [9.17, 15) is 8.42 Å². The largest absolute Gasteiger partial charge is 0.486 e. The standard InChI is InChI=1S/C18H25N3O5S2/c22-28(23,15-3-4-16-17(12-15)26-11-10-25-16)21-7-5-20(6-8-21)18(27)19-13-14-2-1-9-24-14/h3-4,12,14H,1-2,5-11,13H2,(H,19,27)/t14-/m0/s1. The van der Waals surface area contributed by atoms with Crippen LogP contribution in [0.1, 0.15) is 12.8 Å². The average Bonchev–Trinajstić information content (AvgIpc) is 3.25. The number of nitrogens with zero attached hydrogens (tertiary/aromatic N) is 2. The van der Waals surface area contributed by atoms with Crippen molar-refractivity contribution in [1.29, 1.82) is 0 Å². The number of hydrogen-bond acceptors (Lipinski definition) is 6. The van der Waals surface area contributed by atoms with Crippen LogP contribution in [0.5, 0.6) is 11.5 Å². The molecular weight excluding hydrogens is 402 g/mol. The summed E-state index contributed by atoms with van der Waals surface area (Å²) < 4.78 is 44.1. The van der Waals surface area contributed by atoms with Gasteiger partial charge in [-0.3, -0.25) is 0 Å². The van der Waals surface area contributed by atoms with Gasteiger partial charge in [0.05, 0.1) is 11.0 Å². The molecule has 4 rings (SSSR count). The summed E-state index contributed by atoms with van der Waals surface area (Å²) in [5.74, 6) is 1.06. The highest BCUT2D eigenvalue weighted by molar-refractivity contribution is 7.89. The summed E-state index contributed by atoms with van der Waals surface area (Å²) in [4.78, 5) is 2.24. The molecule has 154 valence electrons. The maximum absolute atomic E-state index is 13.0. The van der Waals surface area contributed by atoms with Crippen molar-refractivity contribution in [3.05, 3.63) is 18.2 Å². The van der Waals surface area contributed by atoms with Gasteiger partial charge in [-0.05, 0) is 37.2 Å². The predicted molar refractivity (Wildman–Crippen MR) is 107 cm³/mol. The van der Waals surface area contributed by atoms with E-state index in [-0.39, 0.29) is 11.0 Å². The summed E-state index contributed by atoms with van der Waals surface area (Å²) in [5.41, 5.74) is 0. The van der Waals surface area contributed by atoms with Crippen molar-refractivity contribution in [2.75, 3.05) is 52.5 Å². The first-order chi connectivity index (χ1) is 13.5. The normalized spacial score (nSPS) is 22.9. The Morgan fingerprint density at radius 2 is 1.86 bits per heavy atom. The van der Waals surface area contributed by atoms with E-state index in [4.69, 9.17) is 26.4 Å². The molecule has 0 aliphatic carbocycles. The molecule has 0 spiro atoms. The SMILES string of the molecule is O=S(=O)(c1ccc2c(c1)OCCO2)N1CCN(C(=S)NC[C@@H]2CCCO2)CC1. The Balaban J connectivity index is 1.34. The number of rotatable bonds is 4. The first-order valence-corrected chi connectivity index (χ1v) is 11.4. The number of sulfonamides is 1. The second-order valence-electron chi connectivity index (χ2n) is 7.02. The zero-order valence-electron chi connectivity index (χ0n) is 15.6. The molecule has 0 saturated carbocycles. The first kappa shape index (κ1) is 19.7. The van der Waals surface area contributed by atoms with Gasteiger partial charge in [-0.2, -0.15) is 4.31 Å². The molecule has 1 atom stereocenters. The molecule has 8 nitrogen and oxygen atoms in total. The van der Waals surface area contributed by atoms with Crippen LogP contribution in [0, 0.1) is 0 Å². The minimum atomic E-state index is -3.58. The molecule has 10 heteroatoms. The fraction of sp³-hybridized carbons (Fsp3) is 0.611. The van der Waals surface area contributed by atoms with Gasteiger partial charge in [0, 0.05) is 45.4 Å². The van der Waals surface area contributed by atoms with Gasteiger partial charge in [0.25, 0.3) is 0 Å². The molecule has 2 saturated heterocycles. The second-order valence-corrected chi connectivity index (χ2v) is 9.34. The number of hydrogen-bond donors (Lipinski definition) is 1. The van der Waals surface area contributed by atoms with Crippen molar-refractivity contribution in [2.45, 2.75) is 23.8 Å². The smallest absolute Gasteiger partial charge is 0.243 e. The van der Waals surface area contributed by atoms with Crippen LogP contribution in [0.4, 0.5) is 0 Å². The minimum absolute atomic E-state index is 0.217. The molecule has 1 aromatic rings. The van der Waals surface area contributed by atoms with E-state index < -0.39 is 10.0 Å². The molecule has 0 bridgehead atoms. The van der Waals surface area contributed by atoms with Crippen LogP contribution in [0.15, 0.2) is 23.1 Å². The monoisotopic (exact) mass is 427 g/mol.